The largest absolute Gasteiger partial charge is 0.376 e. The summed E-state index contributed by atoms with van der Waals surface area (Å²) < 4.78 is 21.0. The fourth-order valence-electron chi connectivity index (χ4n) is 2.52. The van der Waals surface area contributed by atoms with E-state index in [0.717, 1.165) is 31.4 Å². The number of nitrogens with one attached hydrogen (secondary N) is 1. The van der Waals surface area contributed by atoms with Gasteiger partial charge in [0.15, 0.2) is 5.69 Å². The molecule has 1 N–H and O–H groups in total. The van der Waals surface area contributed by atoms with Crippen LogP contribution in [0.5, 0.6) is 0 Å². The first kappa shape index (κ1) is 14.0. The molecule has 1 amide bonds. The van der Waals surface area contributed by atoms with Crippen molar-refractivity contribution in [2.45, 2.75) is 32.3 Å². The summed E-state index contributed by atoms with van der Waals surface area (Å²) >= 11 is 0. The number of imidazole rings is 1. The maximum atomic E-state index is 14.2. The predicted molar refractivity (Wildman–Crippen MR) is 75.8 cm³/mol. The minimum absolute atomic E-state index is 0.0186. The lowest BCUT2D eigenvalue weighted by Gasteiger charge is -2.22. The van der Waals surface area contributed by atoms with Crippen molar-refractivity contribution >= 4 is 11.6 Å². The molecule has 0 saturated carbocycles. The molecule has 1 saturated heterocycles. The molecule has 1 fully saturated rings. The number of nitrogens with zero attached hydrogens (tertiary/aromatic N) is 2. The van der Waals surface area contributed by atoms with Crippen LogP contribution in [0.15, 0.2) is 18.3 Å². The number of pyridine rings is 1. The molecule has 0 aliphatic carbocycles. The van der Waals surface area contributed by atoms with E-state index in [4.69, 9.17) is 4.74 Å². The highest BCUT2D eigenvalue weighted by molar-refractivity contribution is 5.93. The second kappa shape index (κ2) is 5.81. The average Bonchev–Trinajstić information content (AvgIpc) is 2.82. The van der Waals surface area contributed by atoms with Gasteiger partial charge in [-0.25, -0.2) is 4.98 Å². The molecule has 0 bridgehead atoms. The van der Waals surface area contributed by atoms with E-state index >= 15 is 0 Å². The highest BCUT2D eigenvalue weighted by Gasteiger charge is 2.21. The lowest BCUT2D eigenvalue weighted by atomic mass is 10.1. The quantitative estimate of drug-likeness (QED) is 0.942. The predicted octanol–water partition coefficient (Wildman–Crippen LogP) is 2.08. The average molecular weight is 291 g/mol. The first-order valence-corrected chi connectivity index (χ1v) is 7.19. The minimum atomic E-state index is -0.632. The standard InChI is InChI=1S/C15H18FN3O2/c1-10-5-6-19-12(8-10)18-13(14(19)16)15(20)17-9-11-4-2-3-7-21-11/h5-6,8,11H,2-4,7,9H2,1H3,(H,17,20). The highest BCUT2D eigenvalue weighted by Crippen LogP contribution is 2.14. The molecule has 2 aromatic heterocycles. The summed E-state index contributed by atoms with van der Waals surface area (Å²) in [6.45, 7) is 3.01. The SMILES string of the molecule is Cc1ccn2c(F)c(C(=O)NCC3CCCCO3)nc2c1. The Labute approximate surface area is 122 Å². The van der Waals surface area contributed by atoms with Gasteiger partial charge in [-0.05, 0) is 43.9 Å². The van der Waals surface area contributed by atoms with E-state index in [1.165, 1.54) is 4.40 Å². The third kappa shape index (κ3) is 2.90. The molecular formula is C15H18FN3O2. The van der Waals surface area contributed by atoms with Crippen molar-refractivity contribution in [1.29, 1.82) is 0 Å². The number of carbonyl (C=O) groups excluding carboxylic acids is 1. The van der Waals surface area contributed by atoms with Crippen molar-refractivity contribution in [2.24, 2.45) is 0 Å². The Balaban J connectivity index is 1.73. The van der Waals surface area contributed by atoms with Gasteiger partial charge in [0.05, 0.1) is 6.10 Å². The Morgan fingerprint density at radius 1 is 1.57 bits per heavy atom. The number of hydrogen-bond acceptors (Lipinski definition) is 3. The van der Waals surface area contributed by atoms with Gasteiger partial charge in [0.25, 0.3) is 5.91 Å². The van der Waals surface area contributed by atoms with E-state index in [1.54, 1.807) is 18.3 Å². The van der Waals surface area contributed by atoms with Crippen molar-refractivity contribution in [3.05, 3.63) is 35.5 Å². The molecule has 21 heavy (non-hydrogen) atoms. The number of amides is 1. The maximum Gasteiger partial charge on any atom is 0.274 e. The van der Waals surface area contributed by atoms with Gasteiger partial charge in [-0.1, -0.05) is 0 Å². The summed E-state index contributed by atoms with van der Waals surface area (Å²) in [5, 5.41) is 2.71. The third-order valence-electron chi connectivity index (χ3n) is 3.70. The summed E-state index contributed by atoms with van der Waals surface area (Å²) in [5.74, 6) is -1.13. The fraction of sp³-hybridized carbons (Fsp3) is 0.467. The summed E-state index contributed by atoms with van der Waals surface area (Å²) in [5.41, 5.74) is 1.23. The van der Waals surface area contributed by atoms with Crippen LogP contribution in [0.4, 0.5) is 4.39 Å². The molecule has 2 aromatic rings. The maximum absolute atomic E-state index is 14.2. The number of aromatic nitrogens is 2. The summed E-state index contributed by atoms with van der Waals surface area (Å²) in [4.78, 5) is 16.2. The molecule has 1 atom stereocenters. The molecule has 1 aliphatic heterocycles. The summed E-state index contributed by atoms with van der Waals surface area (Å²) in [6, 6.07) is 3.51. The zero-order valence-corrected chi connectivity index (χ0v) is 11.9. The van der Waals surface area contributed by atoms with E-state index in [2.05, 4.69) is 10.3 Å². The van der Waals surface area contributed by atoms with E-state index in [-0.39, 0.29) is 11.8 Å². The zero-order chi connectivity index (χ0) is 14.8. The second-order valence-electron chi connectivity index (χ2n) is 5.38. The molecular weight excluding hydrogens is 273 g/mol. The van der Waals surface area contributed by atoms with Gasteiger partial charge in [-0.15, -0.1) is 0 Å². The monoisotopic (exact) mass is 291 g/mol. The number of halogens is 1. The van der Waals surface area contributed by atoms with Crippen LogP contribution < -0.4 is 5.32 Å². The smallest absolute Gasteiger partial charge is 0.274 e. The van der Waals surface area contributed by atoms with Gasteiger partial charge in [-0.3, -0.25) is 9.20 Å². The van der Waals surface area contributed by atoms with Crippen LogP contribution in [0.3, 0.4) is 0 Å². The van der Waals surface area contributed by atoms with Gasteiger partial charge < -0.3 is 10.1 Å². The minimum Gasteiger partial charge on any atom is -0.376 e. The van der Waals surface area contributed by atoms with Gasteiger partial charge in [0, 0.05) is 19.3 Å². The number of ether oxygens (including phenoxy) is 1. The topological polar surface area (TPSA) is 55.6 Å². The van der Waals surface area contributed by atoms with Crippen LogP contribution in [0.25, 0.3) is 5.65 Å². The van der Waals surface area contributed by atoms with Crippen LogP contribution in [0.2, 0.25) is 0 Å². The zero-order valence-electron chi connectivity index (χ0n) is 11.9. The van der Waals surface area contributed by atoms with Crippen LogP contribution >= 0.6 is 0 Å². The second-order valence-corrected chi connectivity index (χ2v) is 5.38. The van der Waals surface area contributed by atoms with Crippen molar-refractivity contribution in [1.82, 2.24) is 14.7 Å². The molecule has 112 valence electrons. The third-order valence-corrected chi connectivity index (χ3v) is 3.70. The highest BCUT2D eigenvalue weighted by atomic mass is 19.1. The van der Waals surface area contributed by atoms with Crippen LogP contribution in [0, 0.1) is 12.9 Å². The van der Waals surface area contributed by atoms with Crippen molar-refractivity contribution in [2.75, 3.05) is 13.2 Å². The van der Waals surface area contributed by atoms with Crippen LogP contribution in [-0.2, 0) is 4.74 Å². The molecule has 0 radical (unpaired) electrons. The number of carbonyl (C=O) groups is 1. The number of fused-ring (bicyclic) bond motifs is 1. The summed E-state index contributed by atoms with van der Waals surface area (Å²) in [6.07, 6.45) is 4.68. The first-order valence-electron chi connectivity index (χ1n) is 7.19. The van der Waals surface area contributed by atoms with Gasteiger partial charge in [0.1, 0.15) is 5.65 Å². The van der Waals surface area contributed by atoms with E-state index in [9.17, 15) is 9.18 Å². The Kier molecular flexibility index (Phi) is 3.88. The van der Waals surface area contributed by atoms with Gasteiger partial charge in [0.2, 0.25) is 5.95 Å². The Bertz CT molecular complexity index is 662. The van der Waals surface area contributed by atoms with Crippen molar-refractivity contribution in [3.63, 3.8) is 0 Å². The van der Waals surface area contributed by atoms with Crippen LogP contribution in [0.1, 0.15) is 35.3 Å². The molecule has 3 heterocycles. The molecule has 0 spiro atoms. The van der Waals surface area contributed by atoms with E-state index in [0.29, 0.717) is 12.2 Å². The fourth-order valence-corrected chi connectivity index (χ4v) is 2.52. The number of rotatable bonds is 3. The lowest BCUT2D eigenvalue weighted by molar-refractivity contribution is 0.0168. The molecule has 0 aromatic carbocycles. The lowest BCUT2D eigenvalue weighted by Crippen LogP contribution is -2.35. The van der Waals surface area contributed by atoms with Gasteiger partial charge >= 0.3 is 0 Å². The van der Waals surface area contributed by atoms with E-state index in [1.807, 2.05) is 6.92 Å². The van der Waals surface area contributed by atoms with E-state index < -0.39 is 11.9 Å². The normalized spacial score (nSPS) is 18.9. The Morgan fingerprint density at radius 3 is 3.19 bits per heavy atom. The number of hydrogen-bond donors (Lipinski definition) is 1. The molecule has 3 rings (SSSR count). The van der Waals surface area contributed by atoms with Crippen molar-refractivity contribution < 1.29 is 13.9 Å². The summed E-state index contributed by atoms with van der Waals surface area (Å²) in [7, 11) is 0. The first-order chi connectivity index (χ1) is 10.1. The molecule has 1 unspecified atom stereocenters. The molecule has 5 nitrogen and oxygen atoms in total. The number of aryl methyl sites for hydroxylation is 1. The molecule has 1 aliphatic rings. The molecule has 6 heteroatoms. The Hall–Kier alpha value is -1.95. The van der Waals surface area contributed by atoms with Gasteiger partial charge in [-0.2, -0.15) is 4.39 Å². The Morgan fingerprint density at radius 2 is 2.43 bits per heavy atom. The van der Waals surface area contributed by atoms with Crippen molar-refractivity contribution in [3.8, 4) is 0 Å². The van der Waals surface area contributed by atoms with Crippen LogP contribution in [-0.4, -0.2) is 34.5 Å².